The third-order valence-corrected chi connectivity index (χ3v) is 4.31. The molecule has 3 rings (SSSR count). The van der Waals surface area contributed by atoms with Crippen molar-refractivity contribution in [1.82, 2.24) is 20.0 Å². The van der Waals surface area contributed by atoms with Crippen LogP contribution < -0.4 is 10.2 Å². The molecular formula is C18H25F2IN6. The molecule has 1 aliphatic heterocycles. The molecule has 9 heteroatoms. The lowest BCUT2D eigenvalue weighted by Crippen LogP contribution is -2.52. The van der Waals surface area contributed by atoms with Crippen molar-refractivity contribution in [1.29, 1.82) is 0 Å². The summed E-state index contributed by atoms with van der Waals surface area (Å²) in [6.45, 7) is 6.78. The molecule has 2 heterocycles. The van der Waals surface area contributed by atoms with E-state index in [1.165, 1.54) is 12.1 Å². The second-order valence-electron chi connectivity index (χ2n) is 6.07. The smallest absolute Gasteiger partial charge is 0.194 e. The Hall–Kier alpha value is -1.91. The molecular weight excluding hydrogens is 465 g/mol. The first kappa shape index (κ1) is 21.4. The Labute approximate surface area is 175 Å². The van der Waals surface area contributed by atoms with E-state index in [1.807, 2.05) is 28.8 Å². The zero-order chi connectivity index (χ0) is 18.4. The zero-order valence-electron chi connectivity index (χ0n) is 15.3. The largest absolute Gasteiger partial charge is 0.366 e. The highest BCUT2D eigenvalue weighted by Gasteiger charge is 2.22. The van der Waals surface area contributed by atoms with Crippen LogP contribution >= 0.6 is 24.0 Å². The van der Waals surface area contributed by atoms with Crippen molar-refractivity contribution in [3.8, 4) is 0 Å². The number of aliphatic imine (C=N–C) groups is 1. The van der Waals surface area contributed by atoms with Gasteiger partial charge >= 0.3 is 0 Å². The maximum Gasteiger partial charge on any atom is 0.194 e. The Morgan fingerprint density at radius 3 is 2.67 bits per heavy atom. The van der Waals surface area contributed by atoms with Crippen molar-refractivity contribution in [3.05, 3.63) is 48.3 Å². The number of hydrogen-bond donors (Lipinski definition) is 1. The molecule has 1 fully saturated rings. The lowest BCUT2D eigenvalue weighted by molar-refractivity contribution is 0.370. The number of nitrogens with one attached hydrogen (secondary N) is 1. The van der Waals surface area contributed by atoms with Crippen LogP contribution in [0.2, 0.25) is 0 Å². The Morgan fingerprint density at radius 2 is 2.00 bits per heavy atom. The maximum atomic E-state index is 14.0. The van der Waals surface area contributed by atoms with Crippen molar-refractivity contribution >= 4 is 35.6 Å². The summed E-state index contributed by atoms with van der Waals surface area (Å²) in [7, 11) is 0. The van der Waals surface area contributed by atoms with Crippen molar-refractivity contribution in [2.24, 2.45) is 4.99 Å². The van der Waals surface area contributed by atoms with Gasteiger partial charge in [-0.25, -0.2) is 8.78 Å². The van der Waals surface area contributed by atoms with Gasteiger partial charge in [0.15, 0.2) is 5.96 Å². The first-order valence-corrected chi connectivity index (χ1v) is 8.88. The lowest BCUT2D eigenvalue weighted by atomic mass is 10.2. The Balaban J connectivity index is 0.00000261. The van der Waals surface area contributed by atoms with E-state index >= 15 is 0 Å². The van der Waals surface area contributed by atoms with Crippen LogP contribution in [0.25, 0.3) is 0 Å². The minimum absolute atomic E-state index is 0. The molecule has 1 aromatic heterocycles. The molecule has 0 atom stereocenters. The van der Waals surface area contributed by atoms with Crippen LogP contribution in [0.5, 0.6) is 0 Å². The molecule has 1 aliphatic rings. The molecule has 0 bridgehead atoms. The van der Waals surface area contributed by atoms with E-state index in [0.717, 1.165) is 25.1 Å². The van der Waals surface area contributed by atoms with Gasteiger partial charge in [-0.1, -0.05) is 0 Å². The number of rotatable bonds is 5. The van der Waals surface area contributed by atoms with Crippen molar-refractivity contribution in [2.45, 2.75) is 13.5 Å². The number of halogens is 3. The number of hydrogen-bond acceptors (Lipinski definition) is 3. The highest BCUT2D eigenvalue weighted by atomic mass is 127. The maximum absolute atomic E-state index is 14.0. The second kappa shape index (κ2) is 10.4. The van der Waals surface area contributed by atoms with E-state index in [0.29, 0.717) is 38.4 Å². The lowest BCUT2D eigenvalue weighted by Gasteiger charge is -2.37. The molecule has 0 amide bonds. The van der Waals surface area contributed by atoms with E-state index in [1.54, 1.807) is 6.20 Å². The SMILES string of the molecule is CCNC(=NCCn1cccn1)N1CCN(c2cc(F)ccc2F)CC1.I. The van der Waals surface area contributed by atoms with Crippen LogP contribution in [-0.2, 0) is 6.54 Å². The van der Waals surface area contributed by atoms with Gasteiger partial charge < -0.3 is 15.1 Å². The number of anilines is 1. The standard InChI is InChI=1S/C18H24F2N6.HI/c1-2-21-18(22-7-9-26-8-3-6-23-26)25-12-10-24(11-13-25)17-14-15(19)4-5-16(17)20;/h3-6,8,14H,2,7,9-13H2,1H3,(H,21,22);1H. The number of benzene rings is 1. The monoisotopic (exact) mass is 490 g/mol. The molecule has 27 heavy (non-hydrogen) atoms. The Bertz CT molecular complexity index is 729. The molecule has 1 aromatic carbocycles. The van der Waals surface area contributed by atoms with Gasteiger partial charge in [0.25, 0.3) is 0 Å². The van der Waals surface area contributed by atoms with E-state index < -0.39 is 5.82 Å². The Kier molecular flexibility index (Phi) is 8.26. The predicted molar refractivity (Wildman–Crippen MR) is 114 cm³/mol. The van der Waals surface area contributed by atoms with E-state index in [4.69, 9.17) is 0 Å². The van der Waals surface area contributed by atoms with Gasteiger partial charge in [-0.3, -0.25) is 9.67 Å². The number of aromatic nitrogens is 2. The van der Waals surface area contributed by atoms with Crippen LogP contribution in [0.15, 0.2) is 41.7 Å². The highest BCUT2D eigenvalue weighted by Crippen LogP contribution is 2.21. The summed E-state index contributed by atoms with van der Waals surface area (Å²) in [6, 6.07) is 5.47. The molecule has 0 unspecified atom stereocenters. The van der Waals surface area contributed by atoms with Gasteiger partial charge in [0.05, 0.1) is 18.8 Å². The Morgan fingerprint density at radius 1 is 1.22 bits per heavy atom. The first-order chi connectivity index (χ1) is 12.7. The van der Waals surface area contributed by atoms with Crippen molar-refractivity contribution < 1.29 is 8.78 Å². The van der Waals surface area contributed by atoms with Gasteiger partial charge in [0.1, 0.15) is 11.6 Å². The average molecular weight is 490 g/mol. The molecule has 0 radical (unpaired) electrons. The highest BCUT2D eigenvalue weighted by molar-refractivity contribution is 14.0. The molecule has 1 N–H and O–H groups in total. The summed E-state index contributed by atoms with van der Waals surface area (Å²) in [5.74, 6) is 0.0380. The number of nitrogens with zero attached hydrogens (tertiary/aromatic N) is 5. The average Bonchev–Trinajstić information content (AvgIpc) is 3.17. The fourth-order valence-electron chi connectivity index (χ4n) is 3.00. The number of guanidine groups is 1. The van der Waals surface area contributed by atoms with Gasteiger partial charge in [0, 0.05) is 51.2 Å². The quantitative estimate of drug-likeness (QED) is 0.398. The fourth-order valence-corrected chi connectivity index (χ4v) is 3.00. The summed E-state index contributed by atoms with van der Waals surface area (Å²) < 4.78 is 29.2. The third kappa shape index (κ3) is 5.78. The molecule has 0 saturated carbocycles. The van der Waals surface area contributed by atoms with Gasteiger partial charge in [0.2, 0.25) is 0 Å². The topological polar surface area (TPSA) is 48.7 Å². The van der Waals surface area contributed by atoms with E-state index in [9.17, 15) is 8.78 Å². The van der Waals surface area contributed by atoms with Gasteiger partial charge in [-0.05, 0) is 25.1 Å². The summed E-state index contributed by atoms with van der Waals surface area (Å²) in [4.78, 5) is 8.69. The normalized spacial score (nSPS) is 14.9. The molecule has 0 aliphatic carbocycles. The number of piperazine rings is 1. The summed E-state index contributed by atoms with van der Waals surface area (Å²) in [5.41, 5.74) is 0.324. The fraction of sp³-hybridized carbons (Fsp3) is 0.444. The zero-order valence-corrected chi connectivity index (χ0v) is 17.6. The van der Waals surface area contributed by atoms with Crippen LogP contribution in [0.4, 0.5) is 14.5 Å². The predicted octanol–water partition coefficient (Wildman–Crippen LogP) is 2.57. The molecule has 6 nitrogen and oxygen atoms in total. The van der Waals surface area contributed by atoms with Crippen LogP contribution in [-0.4, -0.2) is 59.9 Å². The van der Waals surface area contributed by atoms with Crippen LogP contribution in [0.1, 0.15) is 6.92 Å². The van der Waals surface area contributed by atoms with Gasteiger partial charge in [-0.15, -0.1) is 24.0 Å². The van der Waals surface area contributed by atoms with Crippen LogP contribution in [0, 0.1) is 11.6 Å². The van der Waals surface area contributed by atoms with Gasteiger partial charge in [-0.2, -0.15) is 5.10 Å². The molecule has 1 saturated heterocycles. The minimum atomic E-state index is -0.419. The summed E-state index contributed by atoms with van der Waals surface area (Å²) in [6.07, 6.45) is 3.66. The minimum Gasteiger partial charge on any atom is -0.366 e. The summed E-state index contributed by atoms with van der Waals surface area (Å²) in [5, 5.41) is 7.47. The summed E-state index contributed by atoms with van der Waals surface area (Å²) >= 11 is 0. The second-order valence-corrected chi connectivity index (χ2v) is 6.07. The third-order valence-electron chi connectivity index (χ3n) is 4.31. The van der Waals surface area contributed by atoms with Crippen molar-refractivity contribution in [3.63, 3.8) is 0 Å². The molecule has 2 aromatic rings. The molecule has 0 spiro atoms. The van der Waals surface area contributed by atoms with E-state index in [2.05, 4.69) is 20.3 Å². The van der Waals surface area contributed by atoms with Crippen molar-refractivity contribution in [2.75, 3.05) is 44.2 Å². The first-order valence-electron chi connectivity index (χ1n) is 8.88. The van der Waals surface area contributed by atoms with E-state index in [-0.39, 0.29) is 29.8 Å². The van der Waals surface area contributed by atoms with Crippen LogP contribution in [0.3, 0.4) is 0 Å². The molecule has 148 valence electrons.